The van der Waals surface area contributed by atoms with E-state index < -0.39 is 0 Å². The summed E-state index contributed by atoms with van der Waals surface area (Å²) in [4.78, 5) is 11.9. The summed E-state index contributed by atoms with van der Waals surface area (Å²) in [6, 6.07) is 19.7. The second-order valence-corrected chi connectivity index (χ2v) is 7.20. The standard InChI is InChI=1S/C21H23N3O3S/c1-16(17-8-4-2-5-9-17)14-20-23-24-21(27-20)28-15-19(25)22-12-13-26-18-10-6-3-7-11-18/h2-11,16H,12-15H2,1H3,(H,22,25). The lowest BCUT2D eigenvalue weighted by atomic mass is 9.98. The predicted octanol–water partition coefficient (Wildman–Crippen LogP) is 3.70. The number of rotatable bonds is 10. The molecule has 0 saturated carbocycles. The van der Waals surface area contributed by atoms with E-state index in [-0.39, 0.29) is 17.6 Å². The number of carbonyl (C=O) groups is 1. The van der Waals surface area contributed by atoms with Gasteiger partial charge in [0.15, 0.2) is 0 Å². The normalized spacial score (nSPS) is 11.8. The van der Waals surface area contributed by atoms with Gasteiger partial charge in [-0.1, -0.05) is 67.2 Å². The molecule has 1 aromatic heterocycles. The number of hydrogen-bond donors (Lipinski definition) is 1. The highest BCUT2D eigenvalue weighted by atomic mass is 32.2. The number of carbonyl (C=O) groups excluding carboxylic acids is 1. The van der Waals surface area contributed by atoms with E-state index in [2.05, 4.69) is 34.6 Å². The molecule has 0 radical (unpaired) electrons. The Morgan fingerprint density at radius 2 is 1.82 bits per heavy atom. The first-order valence-electron chi connectivity index (χ1n) is 9.15. The van der Waals surface area contributed by atoms with E-state index in [0.717, 1.165) is 5.75 Å². The van der Waals surface area contributed by atoms with Crippen LogP contribution in [0.1, 0.15) is 24.3 Å². The van der Waals surface area contributed by atoms with Crippen LogP contribution in [0.25, 0.3) is 0 Å². The molecule has 0 aliphatic heterocycles. The molecule has 28 heavy (non-hydrogen) atoms. The summed E-state index contributed by atoms with van der Waals surface area (Å²) in [6.07, 6.45) is 0.667. The molecule has 146 valence electrons. The lowest BCUT2D eigenvalue weighted by Crippen LogP contribution is -2.29. The van der Waals surface area contributed by atoms with Gasteiger partial charge >= 0.3 is 0 Å². The highest BCUT2D eigenvalue weighted by Crippen LogP contribution is 2.22. The van der Waals surface area contributed by atoms with Gasteiger partial charge in [0, 0.05) is 6.42 Å². The van der Waals surface area contributed by atoms with Crippen LogP contribution in [0.3, 0.4) is 0 Å². The van der Waals surface area contributed by atoms with Crippen LogP contribution >= 0.6 is 11.8 Å². The molecular weight excluding hydrogens is 374 g/mol. The SMILES string of the molecule is CC(Cc1nnc(SCC(=O)NCCOc2ccccc2)o1)c1ccccc1. The summed E-state index contributed by atoms with van der Waals surface area (Å²) in [7, 11) is 0. The monoisotopic (exact) mass is 397 g/mol. The zero-order valence-electron chi connectivity index (χ0n) is 15.7. The van der Waals surface area contributed by atoms with Crippen molar-refractivity contribution in [3.05, 3.63) is 72.1 Å². The van der Waals surface area contributed by atoms with Gasteiger partial charge in [0.05, 0.1) is 12.3 Å². The first-order chi connectivity index (χ1) is 13.7. The quantitative estimate of drug-likeness (QED) is 0.415. The molecule has 1 atom stereocenters. The van der Waals surface area contributed by atoms with Crippen LogP contribution in [0.5, 0.6) is 5.75 Å². The minimum atomic E-state index is -0.0981. The molecule has 0 spiro atoms. The van der Waals surface area contributed by atoms with Gasteiger partial charge in [0.2, 0.25) is 11.8 Å². The number of nitrogens with zero attached hydrogens (tertiary/aromatic N) is 2. The Hall–Kier alpha value is -2.80. The molecule has 0 aliphatic rings. The molecule has 2 aromatic carbocycles. The predicted molar refractivity (Wildman–Crippen MR) is 109 cm³/mol. The van der Waals surface area contributed by atoms with Crippen molar-refractivity contribution in [1.82, 2.24) is 15.5 Å². The van der Waals surface area contributed by atoms with Gasteiger partial charge in [0.1, 0.15) is 12.4 Å². The number of para-hydroxylation sites is 1. The lowest BCUT2D eigenvalue weighted by molar-refractivity contribution is -0.118. The molecule has 0 saturated heterocycles. The van der Waals surface area contributed by atoms with Crippen molar-refractivity contribution in [3.8, 4) is 5.75 Å². The number of ether oxygens (including phenoxy) is 1. The summed E-state index contributed by atoms with van der Waals surface area (Å²) < 4.78 is 11.2. The lowest BCUT2D eigenvalue weighted by Gasteiger charge is -2.08. The third-order valence-electron chi connectivity index (χ3n) is 4.06. The van der Waals surface area contributed by atoms with Gasteiger partial charge < -0.3 is 14.5 Å². The Morgan fingerprint density at radius 3 is 2.57 bits per heavy atom. The number of hydrogen-bond acceptors (Lipinski definition) is 6. The maximum absolute atomic E-state index is 11.9. The number of aromatic nitrogens is 2. The molecule has 0 fully saturated rings. The Balaban J connectivity index is 1.35. The maximum Gasteiger partial charge on any atom is 0.277 e. The van der Waals surface area contributed by atoms with Crippen LogP contribution in [0.4, 0.5) is 0 Å². The van der Waals surface area contributed by atoms with E-state index in [1.807, 2.05) is 48.5 Å². The summed E-state index contributed by atoms with van der Waals surface area (Å²) in [5, 5.41) is 11.3. The zero-order chi connectivity index (χ0) is 19.6. The minimum absolute atomic E-state index is 0.0981. The molecule has 1 amide bonds. The Bertz CT molecular complexity index is 856. The van der Waals surface area contributed by atoms with Gasteiger partial charge in [-0.2, -0.15) is 0 Å². The average molecular weight is 398 g/mol. The van der Waals surface area contributed by atoms with Crippen molar-refractivity contribution in [3.63, 3.8) is 0 Å². The number of amides is 1. The molecule has 3 aromatic rings. The summed E-state index contributed by atoms with van der Waals surface area (Å²) in [6.45, 7) is 2.98. The van der Waals surface area contributed by atoms with Gasteiger partial charge in [0.25, 0.3) is 5.22 Å². The van der Waals surface area contributed by atoms with Crippen LogP contribution in [0.2, 0.25) is 0 Å². The van der Waals surface area contributed by atoms with E-state index in [0.29, 0.717) is 30.7 Å². The minimum Gasteiger partial charge on any atom is -0.492 e. The van der Waals surface area contributed by atoms with Gasteiger partial charge in [-0.25, -0.2) is 0 Å². The highest BCUT2D eigenvalue weighted by molar-refractivity contribution is 7.99. The molecule has 0 aliphatic carbocycles. The second kappa shape index (κ2) is 10.5. The topological polar surface area (TPSA) is 77.2 Å². The van der Waals surface area contributed by atoms with Crippen LogP contribution in [0, 0.1) is 0 Å². The van der Waals surface area contributed by atoms with Crippen molar-refractivity contribution < 1.29 is 13.9 Å². The third-order valence-corrected chi connectivity index (χ3v) is 4.88. The van der Waals surface area contributed by atoms with E-state index in [9.17, 15) is 4.79 Å². The smallest absolute Gasteiger partial charge is 0.277 e. The number of nitrogens with one attached hydrogen (secondary N) is 1. The summed E-state index contributed by atoms with van der Waals surface area (Å²) in [5.74, 6) is 1.78. The number of thioether (sulfide) groups is 1. The maximum atomic E-state index is 11.9. The first-order valence-corrected chi connectivity index (χ1v) is 10.1. The van der Waals surface area contributed by atoms with Crippen LogP contribution in [-0.4, -0.2) is 35.0 Å². The van der Waals surface area contributed by atoms with Gasteiger partial charge in [-0.05, 0) is 23.6 Å². The van der Waals surface area contributed by atoms with E-state index in [4.69, 9.17) is 9.15 Å². The largest absolute Gasteiger partial charge is 0.492 e. The Labute approximate surface area is 168 Å². The van der Waals surface area contributed by atoms with E-state index >= 15 is 0 Å². The van der Waals surface area contributed by atoms with Gasteiger partial charge in [-0.3, -0.25) is 4.79 Å². The van der Waals surface area contributed by atoms with Crippen LogP contribution in [0.15, 0.2) is 70.3 Å². The molecule has 1 heterocycles. The zero-order valence-corrected chi connectivity index (χ0v) is 16.5. The van der Waals surface area contributed by atoms with Crippen molar-refractivity contribution in [2.24, 2.45) is 0 Å². The molecular formula is C21H23N3O3S. The van der Waals surface area contributed by atoms with Crippen molar-refractivity contribution >= 4 is 17.7 Å². The average Bonchev–Trinajstić information content (AvgIpc) is 3.18. The second-order valence-electron chi connectivity index (χ2n) is 6.28. The highest BCUT2D eigenvalue weighted by Gasteiger charge is 2.13. The number of benzene rings is 2. The first kappa shape index (κ1) is 19.9. The fourth-order valence-electron chi connectivity index (χ4n) is 2.59. The Kier molecular flexibility index (Phi) is 7.49. The van der Waals surface area contributed by atoms with Crippen molar-refractivity contribution in [2.45, 2.75) is 24.5 Å². The summed E-state index contributed by atoms with van der Waals surface area (Å²) in [5.41, 5.74) is 1.23. The van der Waals surface area contributed by atoms with Crippen LogP contribution in [-0.2, 0) is 11.2 Å². The summed E-state index contributed by atoms with van der Waals surface area (Å²) >= 11 is 1.23. The third kappa shape index (κ3) is 6.42. The molecule has 0 bridgehead atoms. The fraction of sp³-hybridized carbons (Fsp3) is 0.286. The van der Waals surface area contributed by atoms with E-state index in [1.165, 1.54) is 17.3 Å². The Morgan fingerprint density at radius 1 is 1.11 bits per heavy atom. The van der Waals surface area contributed by atoms with E-state index in [1.54, 1.807) is 0 Å². The van der Waals surface area contributed by atoms with Crippen molar-refractivity contribution in [1.29, 1.82) is 0 Å². The molecule has 1 unspecified atom stereocenters. The molecule has 1 N–H and O–H groups in total. The molecule has 7 heteroatoms. The van der Waals surface area contributed by atoms with Crippen LogP contribution < -0.4 is 10.1 Å². The van der Waals surface area contributed by atoms with Gasteiger partial charge in [-0.15, -0.1) is 10.2 Å². The molecule has 6 nitrogen and oxygen atoms in total. The molecule has 3 rings (SSSR count). The van der Waals surface area contributed by atoms with Crippen molar-refractivity contribution in [2.75, 3.05) is 18.9 Å². The fourth-order valence-corrected chi connectivity index (χ4v) is 3.21.